The van der Waals surface area contributed by atoms with Crippen LogP contribution in [0.15, 0.2) is 12.2 Å². The highest BCUT2D eigenvalue weighted by Crippen LogP contribution is 2.66. The molecule has 164 valence electrons. The minimum absolute atomic E-state index is 0.267. The summed E-state index contributed by atoms with van der Waals surface area (Å²) < 4.78 is 145. The molecule has 1 N–H and O–H groups in total. The van der Waals surface area contributed by atoms with Gasteiger partial charge in [0.15, 0.2) is 0 Å². The summed E-state index contributed by atoms with van der Waals surface area (Å²) in [5.74, 6) is -20.5. The van der Waals surface area contributed by atoms with Gasteiger partial charge in [-0.05, 0) is 20.3 Å². The highest BCUT2D eigenvalue weighted by atomic mass is 19.4. The van der Waals surface area contributed by atoms with Crippen molar-refractivity contribution in [3.63, 3.8) is 0 Å². The van der Waals surface area contributed by atoms with Gasteiger partial charge in [-0.2, -0.15) is 43.9 Å². The van der Waals surface area contributed by atoms with Crippen LogP contribution in [-0.2, 0) is 14.3 Å². The van der Waals surface area contributed by atoms with Crippen molar-refractivity contribution < 1.29 is 63.3 Å². The molecule has 1 aliphatic rings. The van der Waals surface area contributed by atoms with Crippen LogP contribution in [0.1, 0.15) is 27.2 Å². The monoisotopic (exact) mass is 436 g/mol. The van der Waals surface area contributed by atoms with E-state index in [0.717, 1.165) is 0 Å². The van der Waals surface area contributed by atoms with Crippen molar-refractivity contribution in [2.45, 2.75) is 68.4 Å². The van der Waals surface area contributed by atoms with Gasteiger partial charge in [0.2, 0.25) is 11.2 Å². The van der Waals surface area contributed by atoms with E-state index in [1.807, 2.05) is 0 Å². The second-order valence-corrected chi connectivity index (χ2v) is 6.27. The molecule has 28 heavy (non-hydrogen) atoms. The van der Waals surface area contributed by atoms with E-state index >= 15 is 0 Å². The molecule has 0 spiro atoms. The quantitative estimate of drug-likeness (QED) is 0.411. The van der Waals surface area contributed by atoms with Crippen LogP contribution >= 0.6 is 0 Å². The molecule has 0 bridgehead atoms. The lowest BCUT2D eigenvalue weighted by Gasteiger charge is -2.59. The van der Waals surface area contributed by atoms with Crippen LogP contribution in [0.25, 0.3) is 0 Å². The topological polar surface area (TPSA) is 55.8 Å². The normalized spacial score (nSPS) is 35.4. The van der Waals surface area contributed by atoms with Crippen molar-refractivity contribution in [2.75, 3.05) is 0 Å². The van der Waals surface area contributed by atoms with Crippen molar-refractivity contribution in [3.05, 3.63) is 12.2 Å². The van der Waals surface area contributed by atoms with Gasteiger partial charge in [-0.3, -0.25) is 0 Å². The van der Waals surface area contributed by atoms with E-state index < -0.39 is 66.1 Å². The SMILES string of the molecule is C=C(C)C(=O)OC1(C)C(F)(F)C(O)(C(F)(F)F)OC(CC)(C(F)(F)F)C1(F)F. The fourth-order valence-electron chi connectivity index (χ4n) is 2.65. The number of halogens is 10. The fraction of sp³-hybridized carbons (Fsp3) is 0.786. The van der Waals surface area contributed by atoms with Crippen LogP contribution in [0.5, 0.6) is 0 Å². The van der Waals surface area contributed by atoms with Crippen LogP contribution in [-0.4, -0.2) is 52.3 Å². The minimum atomic E-state index is -6.70. The number of aliphatic hydroxyl groups is 1. The van der Waals surface area contributed by atoms with Crippen molar-refractivity contribution in [3.8, 4) is 0 Å². The molecular formula is C14H14F10O4. The maximum atomic E-state index is 14.8. The first kappa shape index (κ1) is 24.5. The number of carbonyl (C=O) groups is 1. The molecule has 3 atom stereocenters. The number of hydrogen-bond donors (Lipinski definition) is 1. The summed E-state index contributed by atoms with van der Waals surface area (Å²) in [6.45, 7) is 3.27. The number of ether oxygens (including phenoxy) is 2. The zero-order valence-corrected chi connectivity index (χ0v) is 14.4. The third-order valence-electron chi connectivity index (χ3n) is 4.44. The van der Waals surface area contributed by atoms with Gasteiger partial charge in [-0.25, -0.2) is 4.79 Å². The minimum Gasteiger partial charge on any atom is -0.443 e. The summed E-state index contributed by atoms with van der Waals surface area (Å²) in [5.41, 5.74) is -11.3. The van der Waals surface area contributed by atoms with Gasteiger partial charge in [-0.15, -0.1) is 0 Å². The molecule has 4 nitrogen and oxygen atoms in total. The van der Waals surface area contributed by atoms with E-state index in [9.17, 15) is 53.8 Å². The number of esters is 1. The molecule has 0 aromatic heterocycles. The Balaban J connectivity index is 4.03. The number of carbonyl (C=O) groups excluding carboxylic acids is 1. The summed E-state index contributed by atoms with van der Waals surface area (Å²) in [6.07, 6.45) is -15.1. The van der Waals surface area contributed by atoms with Crippen LogP contribution in [0.2, 0.25) is 0 Å². The average molecular weight is 436 g/mol. The predicted molar refractivity (Wildman–Crippen MR) is 70.4 cm³/mol. The molecule has 1 heterocycles. The molecule has 0 aliphatic carbocycles. The number of hydrogen-bond acceptors (Lipinski definition) is 4. The largest absolute Gasteiger partial charge is 0.449 e. The summed E-state index contributed by atoms with van der Waals surface area (Å²) in [7, 11) is 0. The van der Waals surface area contributed by atoms with Gasteiger partial charge < -0.3 is 14.6 Å². The van der Waals surface area contributed by atoms with E-state index in [-0.39, 0.29) is 6.92 Å². The second kappa shape index (κ2) is 6.21. The van der Waals surface area contributed by atoms with E-state index in [2.05, 4.69) is 16.1 Å². The summed E-state index contributed by atoms with van der Waals surface area (Å²) >= 11 is 0. The summed E-state index contributed by atoms with van der Waals surface area (Å²) in [5, 5.41) is 9.44. The van der Waals surface area contributed by atoms with Crippen molar-refractivity contribution in [1.82, 2.24) is 0 Å². The zero-order chi connectivity index (χ0) is 22.8. The Hall–Kier alpha value is -1.57. The third kappa shape index (κ3) is 2.70. The van der Waals surface area contributed by atoms with E-state index in [1.54, 1.807) is 0 Å². The molecule has 0 amide bonds. The molecule has 0 radical (unpaired) electrons. The Bertz CT molecular complexity index is 670. The van der Waals surface area contributed by atoms with Crippen LogP contribution < -0.4 is 0 Å². The summed E-state index contributed by atoms with van der Waals surface area (Å²) in [4.78, 5) is 11.5. The molecule has 0 aromatic carbocycles. The third-order valence-corrected chi connectivity index (χ3v) is 4.44. The Morgan fingerprint density at radius 2 is 1.46 bits per heavy atom. The Morgan fingerprint density at radius 1 is 1.04 bits per heavy atom. The van der Waals surface area contributed by atoms with Gasteiger partial charge >= 0.3 is 36.0 Å². The second-order valence-electron chi connectivity index (χ2n) is 6.27. The molecule has 1 rings (SSSR count). The molecule has 3 unspecified atom stereocenters. The first-order chi connectivity index (χ1) is 12.1. The molecule has 14 heteroatoms. The standard InChI is InChI=1S/C14H14F10O4/c1-5-9(13(19,20)21)10(15,16)8(4,27-7(25)6(2)3)11(17,18)12(26,28-9)14(22,23)24/h26H,2,5H2,1,3-4H3. The molecule has 0 aromatic rings. The van der Waals surface area contributed by atoms with Gasteiger partial charge in [0, 0.05) is 5.57 Å². The molecular weight excluding hydrogens is 422 g/mol. The van der Waals surface area contributed by atoms with Gasteiger partial charge in [-0.1, -0.05) is 13.5 Å². The Kier molecular flexibility index (Phi) is 5.43. The Morgan fingerprint density at radius 3 is 1.75 bits per heavy atom. The lowest BCUT2D eigenvalue weighted by molar-refractivity contribution is -0.556. The Labute approximate surface area is 151 Å². The first-order valence-electron chi connectivity index (χ1n) is 7.30. The fourth-order valence-corrected chi connectivity index (χ4v) is 2.65. The van der Waals surface area contributed by atoms with Crippen molar-refractivity contribution in [2.24, 2.45) is 0 Å². The molecule has 1 fully saturated rings. The first-order valence-corrected chi connectivity index (χ1v) is 7.30. The smallest absolute Gasteiger partial charge is 0.443 e. The highest BCUT2D eigenvalue weighted by Gasteiger charge is 2.95. The summed E-state index contributed by atoms with van der Waals surface area (Å²) in [6, 6.07) is 0. The van der Waals surface area contributed by atoms with Crippen LogP contribution in [0, 0.1) is 0 Å². The van der Waals surface area contributed by atoms with Crippen LogP contribution in [0.4, 0.5) is 43.9 Å². The average Bonchev–Trinajstić information content (AvgIpc) is 2.47. The number of alkyl halides is 10. The van der Waals surface area contributed by atoms with E-state index in [0.29, 0.717) is 6.92 Å². The zero-order valence-electron chi connectivity index (χ0n) is 14.4. The van der Waals surface area contributed by atoms with E-state index in [1.165, 1.54) is 0 Å². The van der Waals surface area contributed by atoms with Gasteiger partial charge in [0.25, 0.3) is 0 Å². The maximum absolute atomic E-state index is 14.8. The molecule has 1 aliphatic heterocycles. The molecule has 1 saturated heterocycles. The van der Waals surface area contributed by atoms with Gasteiger partial charge in [0.05, 0.1) is 0 Å². The maximum Gasteiger partial charge on any atom is 0.449 e. The predicted octanol–water partition coefficient (Wildman–Crippen LogP) is 4.13. The number of rotatable bonds is 3. The lowest BCUT2D eigenvalue weighted by Crippen LogP contribution is -2.87. The van der Waals surface area contributed by atoms with Crippen LogP contribution in [0.3, 0.4) is 0 Å². The highest BCUT2D eigenvalue weighted by molar-refractivity contribution is 5.87. The molecule has 0 saturated carbocycles. The lowest BCUT2D eigenvalue weighted by atomic mass is 9.71. The van der Waals surface area contributed by atoms with Crippen molar-refractivity contribution >= 4 is 5.97 Å². The van der Waals surface area contributed by atoms with Crippen molar-refractivity contribution in [1.29, 1.82) is 0 Å². The van der Waals surface area contributed by atoms with E-state index in [4.69, 9.17) is 0 Å². The van der Waals surface area contributed by atoms with Gasteiger partial charge in [0.1, 0.15) is 0 Å².